The minimum Gasteiger partial charge on any atom is -0.466 e. The molecule has 0 spiro atoms. The fourth-order valence-corrected chi connectivity index (χ4v) is 3.12. The Morgan fingerprint density at radius 1 is 1.40 bits per heavy atom. The fraction of sp³-hybridized carbons (Fsp3) is 0.667. The van der Waals surface area contributed by atoms with Crippen LogP contribution < -0.4 is 5.32 Å². The zero-order valence-electron chi connectivity index (χ0n) is 9.51. The van der Waals surface area contributed by atoms with Crippen LogP contribution in [0.5, 0.6) is 0 Å². The Bertz CT molecular complexity index is 315. The van der Waals surface area contributed by atoms with Crippen molar-refractivity contribution < 1.29 is 4.42 Å². The second-order valence-corrected chi connectivity index (χ2v) is 5.43. The molecule has 0 atom stereocenters. The van der Waals surface area contributed by atoms with Crippen LogP contribution in [0.1, 0.15) is 29.9 Å². The van der Waals surface area contributed by atoms with Crippen molar-refractivity contribution in [1.82, 2.24) is 5.32 Å². The summed E-state index contributed by atoms with van der Waals surface area (Å²) < 4.78 is 5.51. The highest BCUT2D eigenvalue weighted by atomic mass is 32.2. The molecule has 84 valence electrons. The zero-order valence-corrected chi connectivity index (χ0v) is 10.3. The number of rotatable bonds is 3. The Morgan fingerprint density at radius 3 is 2.73 bits per heavy atom. The van der Waals surface area contributed by atoms with Gasteiger partial charge >= 0.3 is 0 Å². The molecule has 1 aromatic heterocycles. The van der Waals surface area contributed by atoms with E-state index in [-0.39, 0.29) is 0 Å². The first-order chi connectivity index (χ1) is 7.25. The average molecular weight is 225 g/mol. The van der Waals surface area contributed by atoms with Gasteiger partial charge in [-0.1, -0.05) is 0 Å². The van der Waals surface area contributed by atoms with E-state index in [9.17, 15) is 0 Å². The van der Waals surface area contributed by atoms with Crippen molar-refractivity contribution in [3.63, 3.8) is 0 Å². The van der Waals surface area contributed by atoms with Gasteiger partial charge in [0.1, 0.15) is 11.5 Å². The quantitative estimate of drug-likeness (QED) is 0.856. The summed E-state index contributed by atoms with van der Waals surface area (Å²) in [7, 11) is 0. The highest BCUT2D eigenvalue weighted by Crippen LogP contribution is 2.18. The first-order valence-electron chi connectivity index (χ1n) is 5.63. The molecule has 1 aliphatic rings. The summed E-state index contributed by atoms with van der Waals surface area (Å²) in [6.07, 6.45) is 2.61. The van der Waals surface area contributed by atoms with E-state index in [1.165, 1.54) is 29.9 Å². The summed E-state index contributed by atoms with van der Waals surface area (Å²) >= 11 is 2.07. The summed E-state index contributed by atoms with van der Waals surface area (Å²) in [6, 6.07) is 2.85. The van der Waals surface area contributed by atoms with E-state index >= 15 is 0 Å². The molecule has 1 aliphatic heterocycles. The Hall–Kier alpha value is -0.410. The minimum absolute atomic E-state index is 0.709. The molecular formula is C12H19NOS. The van der Waals surface area contributed by atoms with E-state index in [1.807, 2.05) is 13.8 Å². The standard InChI is InChI=1S/C12H19NOS/c1-9-7-11(10(2)14-9)8-13-12-3-5-15-6-4-12/h7,12-13H,3-6,8H2,1-2H3. The second-order valence-electron chi connectivity index (χ2n) is 4.21. The van der Waals surface area contributed by atoms with Crippen LogP contribution in [0.2, 0.25) is 0 Å². The van der Waals surface area contributed by atoms with Gasteiger partial charge in [-0.05, 0) is 44.3 Å². The molecule has 2 rings (SSSR count). The van der Waals surface area contributed by atoms with Crippen LogP contribution in [0.15, 0.2) is 10.5 Å². The van der Waals surface area contributed by atoms with Crippen LogP contribution in [-0.2, 0) is 6.54 Å². The minimum atomic E-state index is 0.709. The van der Waals surface area contributed by atoms with E-state index in [1.54, 1.807) is 0 Å². The average Bonchev–Trinajstić information content (AvgIpc) is 2.56. The van der Waals surface area contributed by atoms with Gasteiger partial charge < -0.3 is 9.73 Å². The van der Waals surface area contributed by atoms with Crippen molar-refractivity contribution >= 4 is 11.8 Å². The molecule has 0 aromatic carbocycles. The summed E-state index contributed by atoms with van der Waals surface area (Å²) in [5, 5.41) is 3.62. The van der Waals surface area contributed by atoms with Gasteiger partial charge in [0.25, 0.3) is 0 Å². The van der Waals surface area contributed by atoms with Gasteiger partial charge in [0.05, 0.1) is 0 Å². The summed E-state index contributed by atoms with van der Waals surface area (Å²) in [5.41, 5.74) is 1.31. The Morgan fingerprint density at radius 2 is 2.13 bits per heavy atom. The molecule has 0 radical (unpaired) electrons. The molecule has 3 heteroatoms. The van der Waals surface area contributed by atoms with E-state index in [4.69, 9.17) is 4.42 Å². The van der Waals surface area contributed by atoms with Crippen molar-refractivity contribution in [2.45, 2.75) is 39.3 Å². The number of hydrogen-bond donors (Lipinski definition) is 1. The predicted octanol–water partition coefficient (Wildman–Crippen LogP) is 2.88. The molecule has 1 N–H and O–H groups in total. The van der Waals surface area contributed by atoms with Crippen LogP contribution in [0.25, 0.3) is 0 Å². The monoisotopic (exact) mass is 225 g/mol. The van der Waals surface area contributed by atoms with Crippen LogP contribution in [-0.4, -0.2) is 17.5 Å². The molecule has 1 fully saturated rings. The number of hydrogen-bond acceptors (Lipinski definition) is 3. The highest BCUT2D eigenvalue weighted by molar-refractivity contribution is 7.99. The van der Waals surface area contributed by atoms with E-state index in [0.29, 0.717) is 6.04 Å². The molecule has 2 nitrogen and oxygen atoms in total. The van der Waals surface area contributed by atoms with Crippen LogP contribution in [0.4, 0.5) is 0 Å². The lowest BCUT2D eigenvalue weighted by molar-refractivity contribution is 0.470. The van der Waals surface area contributed by atoms with E-state index < -0.39 is 0 Å². The van der Waals surface area contributed by atoms with Crippen molar-refractivity contribution in [2.24, 2.45) is 0 Å². The van der Waals surface area contributed by atoms with E-state index in [0.717, 1.165) is 18.1 Å². The predicted molar refractivity (Wildman–Crippen MR) is 65.4 cm³/mol. The van der Waals surface area contributed by atoms with Crippen LogP contribution in [0.3, 0.4) is 0 Å². The van der Waals surface area contributed by atoms with Crippen LogP contribution >= 0.6 is 11.8 Å². The van der Waals surface area contributed by atoms with Crippen molar-refractivity contribution in [2.75, 3.05) is 11.5 Å². The zero-order chi connectivity index (χ0) is 10.7. The molecule has 15 heavy (non-hydrogen) atoms. The highest BCUT2D eigenvalue weighted by Gasteiger charge is 2.13. The lowest BCUT2D eigenvalue weighted by Crippen LogP contribution is -2.32. The smallest absolute Gasteiger partial charge is 0.105 e. The molecule has 0 bridgehead atoms. The first-order valence-corrected chi connectivity index (χ1v) is 6.78. The third-order valence-electron chi connectivity index (χ3n) is 2.95. The molecule has 1 aromatic rings. The van der Waals surface area contributed by atoms with Gasteiger partial charge in [0.15, 0.2) is 0 Å². The molecule has 0 unspecified atom stereocenters. The Balaban J connectivity index is 1.84. The van der Waals surface area contributed by atoms with Gasteiger partial charge in [-0.15, -0.1) is 0 Å². The number of aryl methyl sites for hydroxylation is 2. The number of thioether (sulfide) groups is 1. The van der Waals surface area contributed by atoms with Gasteiger partial charge in [0.2, 0.25) is 0 Å². The number of nitrogens with one attached hydrogen (secondary N) is 1. The maximum Gasteiger partial charge on any atom is 0.105 e. The third kappa shape index (κ3) is 3.02. The summed E-state index contributed by atoms with van der Waals surface area (Å²) in [4.78, 5) is 0. The SMILES string of the molecule is Cc1cc(CNC2CCSCC2)c(C)o1. The molecule has 0 saturated carbocycles. The normalized spacial score (nSPS) is 18.3. The maximum atomic E-state index is 5.51. The van der Waals surface area contributed by atoms with Gasteiger partial charge in [-0.2, -0.15) is 11.8 Å². The van der Waals surface area contributed by atoms with Gasteiger partial charge in [0, 0.05) is 18.2 Å². The third-order valence-corrected chi connectivity index (χ3v) is 4.00. The van der Waals surface area contributed by atoms with Gasteiger partial charge in [-0.25, -0.2) is 0 Å². The summed E-state index contributed by atoms with van der Waals surface area (Å²) in [5.74, 6) is 4.69. The van der Waals surface area contributed by atoms with Crippen molar-refractivity contribution in [3.8, 4) is 0 Å². The fourth-order valence-electron chi connectivity index (χ4n) is 2.01. The van der Waals surface area contributed by atoms with Crippen LogP contribution in [0, 0.1) is 13.8 Å². The number of furan rings is 1. The largest absolute Gasteiger partial charge is 0.466 e. The molecule has 0 aliphatic carbocycles. The van der Waals surface area contributed by atoms with Crippen molar-refractivity contribution in [1.29, 1.82) is 0 Å². The molecule has 2 heterocycles. The summed E-state index contributed by atoms with van der Waals surface area (Å²) in [6.45, 7) is 5.01. The maximum absolute atomic E-state index is 5.51. The first kappa shape index (κ1) is 11.1. The molecule has 1 saturated heterocycles. The molecule has 0 amide bonds. The topological polar surface area (TPSA) is 25.2 Å². The molecular weight excluding hydrogens is 206 g/mol. The second kappa shape index (κ2) is 5.08. The van der Waals surface area contributed by atoms with E-state index in [2.05, 4.69) is 23.1 Å². The van der Waals surface area contributed by atoms with Gasteiger partial charge in [-0.3, -0.25) is 0 Å². The van der Waals surface area contributed by atoms with Crippen molar-refractivity contribution in [3.05, 3.63) is 23.2 Å². The Labute approximate surface area is 95.8 Å². The lowest BCUT2D eigenvalue weighted by atomic mass is 10.1. The lowest BCUT2D eigenvalue weighted by Gasteiger charge is -2.22. The Kier molecular flexibility index (Phi) is 3.76.